The first-order valence-electron chi connectivity index (χ1n) is 4.83. The molecule has 2 heterocycles. The Morgan fingerprint density at radius 3 is 2.88 bits per heavy atom. The fourth-order valence-electron chi connectivity index (χ4n) is 1.69. The Morgan fingerprint density at radius 1 is 1.31 bits per heavy atom. The second kappa shape index (κ2) is 3.31. The van der Waals surface area contributed by atoms with Crippen molar-refractivity contribution in [2.24, 2.45) is 0 Å². The maximum absolute atomic E-state index is 5.75. The number of furan rings is 1. The Kier molecular flexibility index (Phi) is 1.94. The van der Waals surface area contributed by atoms with Crippen LogP contribution in [-0.2, 0) is 0 Å². The van der Waals surface area contributed by atoms with Crippen LogP contribution in [0, 0.1) is 6.92 Å². The van der Waals surface area contributed by atoms with Gasteiger partial charge in [-0.2, -0.15) is 8.75 Å². The zero-order valence-corrected chi connectivity index (χ0v) is 9.41. The quantitative estimate of drug-likeness (QED) is 0.699. The lowest BCUT2D eigenvalue weighted by Gasteiger charge is -1.92. The van der Waals surface area contributed by atoms with Gasteiger partial charge in [0.05, 0.1) is 11.7 Å². The van der Waals surface area contributed by atoms with Gasteiger partial charge in [-0.05, 0) is 18.6 Å². The van der Waals surface area contributed by atoms with Crippen LogP contribution in [0.25, 0.3) is 22.4 Å². The second-order valence-corrected chi connectivity index (χ2v) is 4.13. The predicted octanol–water partition coefficient (Wildman–Crippen LogP) is 2.84. The summed E-state index contributed by atoms with van der Waals surface area (Å²) in [5.41, 5.74) is 8.32. The topological polar surface area (TPSA) is 64.9 Å². The molecule has 0 radical (unpaired) electrons. The van der Waals surface area contributed by atoms with Crippen LogP contribution in [0.1, 0.15) is 5.56 Å². The number of rotatable bonds is 1. The maximum Gasteiger partial charge on any atom is 0.168 e. The average Bonchev–Trinajstić information content (AvgIpc) is 2.84. The molecule has 0 fully saturated rings. The number of anilines is 1. The van der Waals surface area contributed by atoms with E-state index < -0.39 is 0 Å². The molecule has 2 aromatic heterocycles. The van der Waals surface area contributed by atoms with Gasteiger partial charge in [0.1, 0.15) is 5.58 Å². The van der Waals surface area contributed by atoms with E-state index in [1.807, 2.05) is 31.2 Å². The van der Waals surface area contributed by atoms with Gasteiger partial charge in [0.15, 0.2) is 17.3 Å². The molecular formula is C11H9N3OS. The monoisotopic (exact) mass is 231 g/mol. The normalized spacial score (nSPS) is 11.1. The van der Waals surface area contributed by atoms with E-state index in [0.29, 0.717) is 17.3 Å². The summed E-state index contributed by atoms with van der Waals surface area (Å²) in [6.45, 7) is 2.01. The van der Waals surface area contributed by atoms with Crippen molar-refractivity contribution in [1.29, 1.82) is 0 Å². The average molecular weight is 231 g/mol. The molecule has 0 aliphatic heterocycles. The van der Waals surface area contributed by atoms with E-state index in [-0.39, 0.29) is 0 Å². The number of nitrogen functional groups attached to an aromatic ring is 1. The molecule has 1 aromatic carbocycles. The van der Waals surface area contributed by atoms with Crippen molar-refractivity contribution in [3.63, 3.8) is 0 Å². The number of nitrogens with two attached hydrogens (primary N) is 1. The summed E-state index contributed by atoms with van der Waals surface area (Å²) in [6, 6.07) is 7.96. The van der Waals surface area contributed by atoms with Crippen molar-refractivity contribution in [2.45, 2.75) is 6.92 Å². The first-order chi connectivity index (χ1) is 7.75. The second-order valence-electron chi connectivity index (χ2n) is 3.60. The van der Waals surface area contributed by atoms with Crippen LogP contribution in [0.15, 0.2) is 28.7 Å². The van der Waals surface area contributed by atoms with Crippen molar-refractivity contribution in [3.8, 4) is 11.5 Å². The third-order valence-electron chi connectivity index (χ3n) is 2.49. The molecule has 2 N–H and O–H groups in total. The van der Waals surface area contributed by atoms with E-state index in [4.69, 9.17) is 10.2 Å². The van der Waals surface area contributed by atoms with E-state index in [1.54, 1.807) is 0 Å². The van der Waals surface area contributed by atoms with E-state index in [0.717, 1.165) is 28.3 Å². The minimum Gasteiger partial charge on any atom is -0.454 e. The highest BCUT2D eigenvalue weighted by atomic mass is 32.1. The number of aromatic nitrogens is 2. The van der Waals surface area contributed by atoms with Crippen LogP contribution in [0.4, 0.5) is 5.82 Å². The molecule has 0 bridgehead atoms. The van der Waals surface area contributed by atoms with Crippen molar-refractivity contribution >= 4 is 28.5 Å². The third-order valence-corrected chi connectivity index (χ3v) is 3.03. The number of hydrogen-bond donors (Lipinski definition) is 1. The number of fused-ring (bicyclic) bond motifs is 1. The minimum absolute atomic E-state index is 0.418. The molecule has 80 valence electrons. The Bertz CT molecular complexity index is 656. The van der Waals surface area contributed by atoms with Crippen LogP contribution in [0.2, 0.25) is 0 Å². The number of hydrogen-bond acceptors (Lipinski definition) is 5. The SMILES string of the molecule is Cc1cccc2cc(-c3nsnc3N)oc12. The summed E-state index contributed by atoms with van der Waals surface area (Å²) >= 11 is 1.09. The predicted molar refractivity (Wildman–Crippen MR) is 64.3 cm³/mol. The van der Waals surface area contributed by atoms with E-state index >= 15 is 0 Å². The highest BCUT2D eigenvalue weighted by Crippen LogP contribution is 2.31. The molecule has 0 aliphatic rings. The molecule has 0 atom stereocenters. The molecule has 0 amide bonds. The fourth-order valence-corrected chi connectivity index (χ4v) is 2.17. The summed E-state index contributed by atoms with van der Waals surface area (Å²) in [5, 5.41) is 1.06. The van der Waals surface area contributed by atoms with Crippen molar-refractivity contribution in [3.05, 3.63) is 29.8 Å². The molecule has 16 heavy (non-hydrogen) atoms. The lowest BCUT2D eigenvalue weighted by atomic mass is 10.2. The van der Waals surface area contributed by atoms with Gasteiger partial charge in [0, 0.05) is 5.39 Å². The standard InChI is InChI=1S/C11H9N3OS/c1-6-3-2-4-7-5-8(15-10(6)7)9-11(12)14-16-13-9/h2-5H,1H3,(H2,12,14). The summed E-state index contributed by atoms with van der Waals surface area (Å²) in [4.78, 5) is 0. The van der Waals surface area contributed by atoms with Gasteiger partial charge >= 0.3 is 0 Å². The lowest BCUT2D eigenvalue weighted by molar-refractivity contribution is 0.627. The van der Waals surface area contributed by atoms with Crippen LogP contribution < -0.4 is 5.73 Å². The molecule has 3 aromatic rings. The first kappa shape index (κ1) is 9.35. The van der Waals surface area contributed by atoms with Crippen molar-refractivity contribution in [2.75, 3.05) is 5.73 Å². The van der Waals surface area contributed by atoms with Gasteiger partial charge in [-0.1, -0.05) is 18.2 Å². The zero-order valence-electron chi connectivity index (χ0n) is 8.60. The summed E-state index contributed by atoms with van der Waals surface area (Å²) < 4.78 is 13.8. The molecule has 0 unspecified atom stereocenters. The highest BCUT2D eigenvalue weighted by molar-refractivity contribution is 6.99. The Balaban J connectivity index is 2.27. The van der Waals surface area contributed by atoms with Crippen LogP contribution in [0.3, 0.4) is 0 Å². The summed E-state index contributed by atoms with van der Waals surface area (Å²) in [6.07, 6.45) is 0. The maximum atomic E-state index is 5.75. The Labute approximate surface area is 96.0 Å². The van der Waals surface area contributed by atoms with Crippen LogP contribution in [0.5, 0.6) is 0 Å². The number of benzene rings is 1. The molecule has 0 aliphatic carbocycles. The van der Waals surface area contributed by atoms with Gasteiger partial charge < -0.3 is 10.2 Å². The van der Waals surface area contributed by atoms with Crippen molar-refractivity contribution in [1.82, 2.24) is 8.75 Å². The first-order valence-corrected chi connectivity index (χ1v) is 5.56. The fraction of sp³-hybridized carbons (Fsp3) is 0.0909. The lowest BCUT2D eigenvalue weighted by Crippen LogP contribution is -1.86. The largest absolute Gasteiger partial charge is 0.454 e. The number of nitrogens with zero attached hydrogens (tertiary/aromatic N) is 2. The summed E-state index contributed by atoms with van der Waals surface area (Å²) in [5.74, 6) is 1.09. The smallest absolute Gasteiger partial charge is 0.168 e. The van der Waals surface area contributed by atoms with Crippen LogP contribution >= 0.6 is 11.7 Å². The highest BCUT2D eigenvalue weighted by Gasteiger charge is 2.13. The van der Waals surface area contributed by atoms with Gasteiger partial charge in [0.25, 0.3) is 0 Å². The molecule has 4 nitrogen and oxygen atoms in total. The van der Waals surface area contributed by atoms with Gasteiger partial charge in [-0.15, -0.1) is 0 Å². The van der Waals surface area contributed by atoms with E-state index in [2.05, 4.69) is 8.75 Å². The van der Waals surface area contributed by atoms with Crippen molar-refractivity contribution < 1.29 is 4.42 Å². The minimum atomic E-state index is 0.418. The molecule has 0 saturated carbocycles. The molecular weight excluding hydrogens is 222 g/mol. The van der Waals surface area contributed by atoms with E-state index in [9.17, 15) is 0 Å². The van der Waals surface area contributed by atoms with Gasteiger partial charge in [-0.25, -0.2) is 0 Å². The molecule has 5 heteroatoms. The van der Waals surface area contributed by atoms with Crippen LogP contribution in [-0.4, -0.2) is 8.75 Å². The molecule has 0 saturated heterocycles. The van der Waals surface area contributed by atoms with Gasteiger partial charge in [-0.3, -0.25) is 0 Å². The van der Waals surface area contributed by atoms with Gasteiger partial charge in [0.2, 0.25) is 0 Å². The molecule has 3 rings (SSSR count). The number of aryl methyl sites for hydroxylation is 1. The Hall–Kier alpha value is -1.88. The zero-order chi connectivity index (χ0) is 11.1. The van der Waals surface area contributed by atoms with E-state index in [1.165, 1.54) is 0 Å². The third kappa shape index (κ3) is 1.29. The number of para-hydroxylation sites is 1. The summed E-state index contributed by atoms with van der Waals surface area (Å²) in [7, 11) is 0. The molecule has 0 spiro atoms. The Morgan fingerprint density at radius 2 is 2.19 bits per heavy atom.